The van der Waals surface area contributed by atoms with E-state index in [1.54, 1.807) is 20.8 Å². The normalized spacial score (nSPS) is 19.8. The van der Waals surface area contributed by atoms with Crippen LogP contribution in [0.3, 0.4) is 0 Å². The van der Waals surface area contributed by atoms with Gasteiger partial charge in [0, 0.05) is 20.3 Å². The van der Waals surface area contributed by atoms with Crippen LogP contribution < -0.4 is 0 Å². The first kappa shape index (κ1) is 13.5. The third-order valence-corrected chi connectivity index (χ3v) is 1.96. The van der Waals surface area contributed by atoms with Gasteiger partial charge in [0.05, 0.1) is 12.7 Å². The number of carbonyl (C=O) groups excluding carboxylic acids is 2. The zero-order valence-electron chi connectivity index (χ0n) is 10.1. The van der Waals surface area contributed by atoms with E-state index >= 15 is 0 Å². The zero-order chi connectivity index (χ0) is 13.1. The van der Waals surface area contributed by atoms with E-state index in [9.17, 15) is 14.7 Å². The average molecular weight is 244 g/mol. The number of rotatable bonds is 4. The Morgan fingerprint density at radius 2 is 2.18 bits per heavy atom. The maximum Gasteiger partial charge on any atom is 0.337 e. The van der Waals surface area contributed by atoms with Gasteiger partial charge in [-0.15, -0.1) is 0 Å². The lowest BCUT2D eigenvalue weighted by molar-refractivity contribution is -0.207. The summed E-state index contributed by atoms with van der Waals surface area (Å²) in [5.74, 6) is -2.19. The molecule has 96 valence electrons. The van der Waals surface area contributed by atoms with Crippen LogP contribution in [0.5, 0.6) is 0 Å². The third-order valence-electron chi connectivity index (χ3n) is 1.96. The number of aliphatic hydroxyl groups excluding tert-OH is 1. The molecule has 0 aromatic heterocycles. The molecular weight excluding hydrogens is 228 g/mol. The summed E-state index contributed by atoms with van der Waals surface area (Å²) in [6.07, 6.45) is -0.353. The van der Waals surface area contributed by atoms with Crippen LogP contribution >= 0.6 is 0 Å². The predicted octanol–water partition coefficient (Wildman–Crippen LogP) is 0.494. The maximum absolute atomic E-state index is 11.2. The number of hydrogen-bond donors (Lipinski definition) is 1. The van der Waals surface area contributed by atoms with Gasteiger partial charge in [0.25, 0.3) is 0 Å². The molecule has 17 heavy (non-hydrogen) atoms. The molecule has 1 rings (SSSR count). The minimum Gasteiger partial charge on any atom is -0.464 e. The van der Waals surface area contributed by atoms with Crippen LogP contribution in [0.25, 0.3) is 0 Å². The average Bonchev–Trinajstić information content (AvgIpc) is 2.14. The van der Waals surface area contributed by atoms with Gasteiger partial charge in [-0.1, -0.05) is 0 Å². The molecule has 0 saturated heterocycles. The molecule has 6 nitrogen and oxygen atoms in total. The van der Waals surface area contributed by atoms with E-state index < -0.39 is 23.8 Å². The molecule has 0 spiro atoms. The Labute approximate surface area is 99.2 Å². The Morgan fingerprint density at radius 1 is 1.53 bits per heavy atom. The van der Waals surface area contributed by atoms with Crippen molar-refractivity contribution in [3.8, 4) is 0 Å². The fourth-order valence-corrected chi connectivity index (χ4v) is 1.38. The Hall–Kier alpha value is -1.56. The summed E-state index contributed by atoms with van der Waals surface area (Å²) in [5.41, 5.74) is 0. The van der Waals surface area contributed by atoms with Crippen molar-refractivity contribution in [1.82, 2.24) is 0 Å². The molecule has 1 aliphatic heterocycles. The molecule has 0 aromatic carbocycles. The van der Waals surface area contributed by atoms with E-state index in [1.165, 1.54) is 0 Å². The summed E-state index contributed by atoms with van der Waals surface area (Å²) < 4.78 is 14.8. The molecule has 0 fully saturated rings. The molecule has 1 heterocycles. The Kier molecular flexibility index (Phi) is 4.11. The van der Waals surface area contributed by atoms with Crippen LogP contribution in [0.2, 0.25) is 0 Å². The number of cyclic esters (lactones) is 1. The first-order valence-electron chi connectivity index (χ1n) is 5.31. The maximum atomic E-state index is 11.2. The Bertz CT molecular complexity index is 344. The van der Waals surface area contributed by atoms with E-state index in [2.05, 4.69) is 4.74 Å². The molecule has 0 unspecified atom stereocenters. The highest BCUT2D eigenvalue weighted by atomic mass is 16.7. The first-order valence-corrected chi connectivity index (χ1v) is 5.31. The van der Waals surface area contributed by atoms with E-state index in [4.69, 9.17) is 9.47 Å². The predicted molar refractivity (Wildman–Crippen MR) is 56.6 cm³/mol. The summed E-state index contributed by atoms with van der Waals surface area (Å²) in [7, 11) is 0. The zero-order valence-corrected chi connectivity index (χ0v) is 10.1. The van der Waals surface area contributed by atoms with Crippen LogP contribution in [0.15, 0.2) is 11.8 Å². The minimum atomic E-state index is -1.34. The fourth-order valence-electron chi connectivity index (χ4n) is 1.38. The summed E-state index contributed by atoms with van der Waals surface area (Å²) in [6, 6.07) is 0. The minimum absolute atomic E-state index is 0.114. The van der Waals surface area contributed by atoms with Gasteiger partial charge in [-0.2, -0.15) is 0 Å². The van der Waals surface area contributed by atoms with Gasteiger partial charge in [0.15, 0.2) is 6.10 Å². The molecule has 0 aliphatic carbocycles. The van der Waals surface area contributed by atoms with Crippen molar-refractivity contribution >= 4 is 11.9 Å². The standard InChI is InChI=1S/C11H16O6/c1-4-15-10(14)8(12)5-7-6-9(13)17-11(2,3)16-7/h6,8,12H,4-5H2,1-3H3/t8-/m1/s1. The molecule has 1 N–H and O–H groups in total. The first-order chi connectivity index (χ1) is 7.84. The summed E-state index contributed by atoms with van der Waals surface area (Å²) >= 11 is 0. The lowest BCUT2D eigenvalue weighted by Gasteiger charge is -2.31. The fraction of sp³-hybridized carbons (Fsp3) is 0.636. The molecule has 1 aliphatic rings. The van der Waals surface area contributed by atoms with Crippen molar-refractivity contribution < 1.29 is 28.9 Å². The Morgan fingerprint density at radius 3 is 2.71 bits per heavy atom. The molecule has 1 atom stereocenters. The smallest absolute Gasteiger partial charge is 0.337 e. The second-order valence-electron chi connectivity index (χ2n) is 4.01. The number of hydrogen-bond acceptors (Lipinski definition) is 6. The van der Waals surface area contributed by atoms with Gasteiger partial charge in [-0.3, -0.25) is 0 Å². The Balaban J connectivity index is 2.62. The van der Waals surface area contributed by atoms with E-state index in [0.29, 0.717) is 0 Å². The van der Waals surface area contributed by atoms with Gasteiger partial charge in [-0.05, 0) is 6.92 Å². The van der Waals surface area contributed by atoms with Gasteiger partial charge in [0.2, 0.25) is 5.79 Å². The largest absolute Gasteiger partial charge is 0.464 e. The molecule has 0 amide bonds. The van der Waals surface area contributed by atoms with E-state index in [0.717, 1.165) is 6.08 Å². The number of ether oxygens (including phenoxy) is 3. The van der Waals surface area contributed by atoms with Gasteiger partial charge >= 0.3 is 11.9 Å². The van der Waals surface area contributed by atoms with Crippen molar-refractivity contribution in [2.75, 3.05) is 6.61 Å². The molecular formula is C11H16O6. The summed E-state index contributed by atoms with van der Waals surface area (Å²) in [5, 5.41) is 9.51. The van der Waals surface area contributed by atoms with Crippen LogP contribution in [0.1, 0.15) is 27.2 Å². The van der Waals surface area contributed by atoms with Crippen molar-refractivity contribution in [1.29, 1.82) is 0 Å². The molecule has 0 radical (unpaired) electrons. The third kappa shape index (κ3) is 4.07. The second-order valence-corrected chi connectivity index (χ2v) is 4.01. The molecule has 0 saturated carbocycles. The lowest BCUT2D eigenvalue weighted by atomic mass is 10.2. The SMILES string of the molecule is CCOC(=O)[C@H](O)CC1=CC(=O)OC(C)(C)O1. The van der Waals surface area contributed by atoms with Crippen molar-refractivity contribution in [3.05, 3.63) is 11.8 Å². The van der Waals surface area contributed by atoms with E-state index in [-0.39, 0.29) is 18.8 Å². The highest BCUT2D eigenvalue weighted by Crippen LogP contribution is 2.24. The second kappa shape index (κ2) is 5.18. The number of esters is 2. The topological polar surface area (TPSA) is 82.1 Å². The summed E-state index contributed by atoms with van der Waals surface area (Å²) in [6.45, 7) is 4.95. The van der Waals surface area contributed by atoms with Crippen LogP contribution in [-0.2, 0) is 23.8 Å². The van der Waals surface area contributed by atoms with Crippen molar-refractivity contribution in [2.45, 2.75) is 39.1 Å². The lowest BCUT2D eigenvalue weighted by Crippen LogP contribution is -2.36. The van der Waals surface area contributed by atoms with Gasteiger partial charge in [0.1, 0.15) is 5.76 Å². The van der Waals surface area contributed by atoms with Gasteiger partial charge in [-0.25, -0.2) is 9.59 Å². The highest BCUT2D eigenvalue weighted by Gasteiger charge is 2.32. The molecule has 0 aromatic rings. The summed E-state index contributed by atoms with van der Waals surface area (Å²) in [4.78, 5) is 22.4. The molecule has 0 bridgehead atoms. The van der Waals surface area contributed by atoms with Crippen LogP contribution in [0, 0.1) is 0 Å². The number of carbonyl (C=O) groups is 2. The van der Waals surface area contributed by atoms with E-state index in [1.807, 2.05) is 0 Å². The van der Waals surface area contributed by atoms with Crippen LogP contribution in [0.4, 0.5) is 0 Å². The van der Waals surface area contributed by atoms with Gasteiger partial charge < -0.3 is 19.3 Å². The quantitative estimate of drug-likeness (QED) is 0.725. The van der Waals surface area contributed by atoms with Crippen molar-refractivity contribution in [2.24, 2.45) is 0 Å². The highest BCUT2D eigenvalue weighted by molar-refractivity contribution is 5.83. The number of aliphatic hydroxyl groups is 1. The van der Waals surface area contributed by atoms with Crippen molar-refractivity contribution in [3.63, 3.8) is 0 Å². The van der Waals surface area contributed by atoms with Crippen LogP contribution in [-0.4, -0.2) is 35.5 Å². The monoisotopic (exact) mass is 244 g/mol. The molecule has 6 heteroatoms.